The van der Waals surface area contributed by atoms with Crippen LogP contribution in [0.4, 0.5) is 10.5 Å². The van der Waals surface area contributed by atoms with Crippen molar-refractivity contribution in [2.45, 2.75) is 24.5 Å². The molecule has 7 heteroatoms. The van der Waals surface area contributed by atoms with Gasteiger partial charge in [-0.3, -0.25) is 0 Å². The Labute approximate surface area is 132 Å². The first-order chi connectivity index (χ1) is 9.89. The van der Waals surface area contributed by atoms with Crippen LogP contribution in [0.2, 0.25) is 5.02 Å². The van der Waals surface area contributed by atoms with Gasteiger partial charge in [0.2, 0.25) is 0 Å². The van der Waals surface area contributed by atoms with E-state index in [1.165, 1.54) is 18.2 Å². The predicted molar refractivity (Wildman–Crippen MR) is 85.5 cm³/mol. The highest BCUT2D eigenvalue weighted by atomic mass is 35.5. The first-order valence-electron chi connectivity index (χ1n) is 6.61. The smallest absolute Gasteiger partial charge is 0.337 e. The summed E-state index contributed by atoms with van der Waals surface area (Å²) < 4.78 is 0.0625. The third-order valence-corrected chi connectivity index (χ3v) is 5.16. The summed E-state index contributed by atoms with van der Waals surface area (Å²) in [5, 5.41) is 14.8. The number of carbonyl (C=O) groups excluding carboxylic acids is 1. The molecule has 0 aromatic heterocycles. The molecule has 0 bridgehead atoms. The minimum Gasteiger partial charge on any atom is -0.478 e. The van der Waals surface area contributed by atoms with Gasteiger partial charge >= 0.3 is 12.0 Å². The van der Waals surface area contributed by atoms with Crippen molar-refractivity contribution in [3.63, 3.8) is 0 Å². The van der Waals surface area contributed by atoms with Crippen molar-refractivity contribution in [1.29, 1.82) is 0 Å². The van der Waals surface area contributed by atoms with Gasteiger partial charge in [-0.15, -0.1) is 0 Å². The zero-order valence-corrected chi connectivity index (χ0v) is 13.2. The van der Waals surface area contributed by atoms with Gasteiger partial charge in [0.1, 0.15) is 0 Å². The maximum atomic E-state index is 11.9. The molecule has 1 atom stereocenters. The average Bonchev–Trinajstić information content (AvgIpc) is 2.86. The quantitative estimate of drug-likeness (QED) is 0.791. The Balaban J connectivity index is 1.98. The van der Waals surface area contributed by atoms with Gasteiger partial charge in [0.25, 0.3) is 0 Å². The number of amides is 2. The molecule has 1 heterocycles. The van der Waals surface area contributed by atoms with Gasteiger partial charge in [-0.2, -0.15) is 11.8 Å². The Morgan fingerprint density at radius 1 is 1.48 bits per heavy atom. The van der Waals surface area contributed by atoms with Gasteiger partial charge in [0, 0.05) is 16.3 Å². The van der Waals surface area contributed by atoms with E-state index >= 15 is 0 Å². The number of carbonyl (C=O) groups is 2. The fraction of sp³-hybridized carbons (Fsp3) is 0.429. The van der Waals surface area contributed by atoms with E-state index in [0.29, 0.717) is 11.6 Å². The molecular weight excluding hydrogens is 312 g/mol. The first-order valence-corrected chi connectivity index (χ1v) is 7.98. The van der Waals surface area contributed by atoms with Crippen LogP contribution < -0.4 is 10.6 Å². The van der Waals surface area contributed by atoms with Crippen molar-refractivity contribution in [1.82, 2.24) is 5.32 Å². The monoisotopic (exact) mass is 328 g/mol. The lowest BCUT2D eigenvalue weighted by Crippen LogP contribution is -2.39. The molecule has 0 spiro atoms. The van der Waals surface area contributed by atoms with Crippen molar-refractivity contribution in [3.05, 3.63) is 28.8 Å². The molecule has 1 aliphatic rings. The molecule has 21 heavy (non-hydrogen) atoms. The number of thioether (sulfide) groups is 1. The maximum Gasteiger partial charge on any atom is 0.337 e. The fourth-order valence-corrected chi connectivity index (χ4v) is 3.63. The summed E-state index contributed by atoms with van der Waals surface area (Å²) in [6.45, 7) is 2.68. The van der Waals surface area contributed by atoms with E-state index in [9.17, 15) is 9.59 Å². The Hall–Kier alpha value is -1.40. The maximum absolute atomic E-state index is 11.9. The van der Waals surface area contributed by atoms with Gasteiger partial charge in [0.05, 0.1) is 11.3 Å². The summed E-state index contributed by atoms with van der Waals surface area (Å²) in [7, 11) is 0. The molecule has 3 N–H and O–H groups in total. The average molecular weight is 329 g/mol. The normalized spacial score (nSPS) is 21.0. The SMILES string of the molecule is CC1(CNC(=O)Nc2ccc(Cl)cc2C(=O)O)CCCS1. The minimum absolute atomic E-state index is 0.0286. The third-order valence-electron chi connectivity index (χ3n) is 3.38. The molecule has 0 radical (unpaired) electrons. The molecule has 5 nitrogen and oxygen atoms in total. The molecule has 0 saturated carbocycles. The Morgan fingerprint density at radius 2 is 2.24 bits per heavy atom. The number of hydrogen-bond acceptors (Lipinski definition) is 3. The van der Waals surface area contributed by atoms with Crippen LogP contribution in [-0.2, 0) is 0 Å². The zero-order chi connectivity index (χ0) is 15.5. The van der Waals surface area contributed by atoms with Crippen LogP contribution >= 0.6 is 23.4 Å². The van der Waals surface area contributed by atoms with Crippen LogP contribution in [0.15, 0.2) is 18.2 Å². The van der Waals surface area contributed by atoms with Crippen LogP contribution in [-0.4, -0.2) is 34.2 Å². The molecule has 1 fully saturated rings. The predicted octanol–water partition coefficient (Wildman–Crippen LogP) is 3.45. The van der Waals surface area contributed by atoms with Crippen molar-refractivity contribution in [2.24, 2.45) is 0 Å². The Morgan fingerprint density at radius 3 is 2.86 bits per heavy atom. The van der Waals surface area contributed by atoms with Crippen LogP contribution in [0.1, 0.15) is 30.1 Å². The van der Waals surface area contributed by atoms with E-state index < -0.39 is 12.0 Å². The summed E-state index contributed by atoms with van der Waals surface area (Å²) in [5.41, 5.74) is 0.202. The van der Waals surface area contributed by atoms with Crippen LogP contribution in [0, 0.1) is 0 Å². The number of aromatic carboxylic acids is 1. The van der Waals surface area contributed by atoms with Crippen molar-refractivity contribution >= 4 is 41.1 Å². The third kappa shape index (κ3) is 4.28. The number of carboxylic acids is 1. The second kappa shape index (κ2) is 6.58. The molecule has 2 rings (SSSR count). The van der Waals surface area contributed by atoms with Crippen molar-refractivity contribution in [2.75, 3.05) is 17.6 Å². The summed E-state index contributed by atoms with van der Waals surface area (Å²) in [5.74, 6) is -0.0220. The standard InChI is InChI=1S/C14H17ClN2O3S/c1-14(5-2-6-21-14)8-16-13(20)17-11-4-3-9(15)7-10(11)12(18)19/h3-4,7H,2,5-6,8H2,1H3,(H,18,19)(H2,16,17,20). The van der Waals surface area contributed by atoms with E-state index in [1.807, 2.05) is 11.8 Å². The molecule has 0 aliphatic carbocycles. The van der Waals surface area contributed by atoms with Crippen LogP contribution in [0.3, 0.4) is 0 Å². The van der Waals surface area contributed by atoms with E-state index in [0.717, 1.165) is 18.6 Å². The van der Waals surface area contributed by atoms with Gasteiger partial charge in [0.15, 0.2) is 0 Å². The van der Waals surface area contributed by atoms with E-state index in [4.69, 9.17) is 16.7 Å². The fourth-order valence-electron chi connectivity index (χ4n) is 2.21. The highest BCUT2D eigenvalue weighted by Gasteiger charge is 2.29. The van der Waals surface area contributed by atoms with Crippen molar-refractivity contribution in [3.8, 4) is 0 Å². The molecule has 1 aromatic rings. The lowest BCUT2D eigenvalue weighted by Gasteiger charge is -2.23. The number of carboxylic acid groups (broad SMARTS) is 1. The number of hydrogen-bond donors (Lipinski definition) is 3. The lowest BCUT2D eigenvalue weighted by atomic mass is 10.1. The number of rotatable bonds is 4. The van der Waals surface area contributed by atoms with Crippen LogP contribution in [0.25, 0.3) is 0 Å². The number of urea groups is 1. The van der Waals surface area contributed by atoms with Crippen molar-refractivity contribution < 1.29 is 14.7 Å². The van der Waals surface area contributed by atoms with Gasteiger partial charge in [-0.05, 0) is 43.7 Å². The van der Waals surface area contributed by atoms with E-state index in [1.54, 1.807) is 0 Å². The summed E-state index contributed by atoms with van der Waals surface area (Å²) in [6.07, 6.45) is 2.23. The zero-order valence-electron chi connectivity index (χ0n) is 11.6. The summed E-state index contributed by atoms with van der Waals surface area (Å²) in [6, 6.07) is 3.93. The Bertz CT molecular complexity index is 559. The molecule has 1 saturated heterocycles. The molecule has 1 aliphatic heterocycles. The molecular formula is C14H17ClN2O3S. The lowest BCUT2D eigenvalue weighted by molar-refractivity contribution is 0.0698. The van der Waals surface area contributed by atoms with Crippen LogP contribution in [0.5, 0.6) is 0 Å². The number of anilines is 1. The van der Waals surface area contributed by atoms with Gasteiger partial charge in [-0.1, -0.05) is 11.6 Å². The first kappa shape index (κ1) is 16.0. The highest BCUT2D eigenvalue weighted by molar-refractivity contribution is 8.00. The second-order valence-corrected chi connectivity index (χ2v) is 7.32. The minimum atomic E-state index is -1.13. The molecule has 1 unspecified atom stereocenters. The highest BCUT2D eigenvalue weighted by Crippen LogP contribution is 2.36. The van der Waals surface area contributed by atoms with E-state index in [-0.39, 0.29) is 16.0 Å². The molecule has 114 valence electrons. The number of nitrogens with one attached hydrogen (secondary N) is 2. The summed E-state index contributed by atoms with van der Waals surface area (Å²) in [4.78, 5) is 23.1. The number of halogens is 1. The Kier molecular flexibility index (Phi) is 5.00. The molecule has 1 aromatic carbocycles. The number of benzene rings is 1. The van der Waals surface area contributed by atoms with Gasteiger partial charge < -0.3 is 15.7 Å². The topological polar surface area (TPSA) is 78.4 Å². The van der Waals surface area contributed by atoms with Gasteiger partial charge in [-0.25, -0.2) is 9.59 Å². The summed E-state index contributed by atoms with van der Waals surface area (Å²) >= 11 is 7.62. The second-order valence-electron chi connectivity index (χ2n) is 5.20. The molecule has 2 amide bonds. The largest absolute Gasteiger partial charge is 0.478 e. The van der Waals surface area contributed by atoms with E-state index in [2.05, 4.69) is 17.6 Å².